The van der Waals surface area contributed by atoms with E-state index in [1.54, 1.807) is 6.92 Å². The second-order valence-electron chi connectivity index (χ2n) is 3.77. The van der Waals surface area contributed by atoms with Gasteiger partial charge in [-0.25, -0.2) is 4.79 Å². The van der Waals surface area contributed by atoms with E-state index in [1.165, 1.54) is 18.2 Å². The molecule has 0 fully saturated rings. The second kappa shape index (κ2) is 6.60. The first kappa shape index (κ1) is 14.8. The number of furan rings is 1. The quantitative estimate of drug-likeness (QED) is 0.652. The van der Waals surface area contributed by atoms with Crippen LogP contribution in [0.4, 0.5) is 5.88 Å². The van der Waals surface area contributed by atoms with Crippen LogP contribution in [0.1, 0.15) is 29.5 Å². The molecule has 0 radical (unpaired) electrons. The predicted octanol–water partition coefficient (Wildman–Crippen LogP) is 0.854. The minimum atomic E-state index is -0.997. The summed E-state index contributed by atoms with van der Waals surface area (Å²) in [5, 5.41) is 8.54. The van der Waals surface area contributed by atoms with Crippen molar-refractivity contribution >= 4 is 23.9 Å². The van der Waals surface area contributed by atoms with Crippen LogP contribution in [0.2, 0.25) is 0 Å². The Bertz CT molecular complexity index is 492. The average molecular weight is 268 g/mol. The molecular formula is C12H16N2O5. The van der Waals surface area contributed by atoms with Gasteiger partial charge in [0.2, 0.25) is 5.88 Å². The van der Waals surface area contributed by atoms with Gasteiger partial charge in [0.15, 0.2) is 0 Å². The number of carbonyl (C=O) groups excluding carboxylic acids is 1. The lowest BCUT2D eigenvalue weighted by Gasteiger charge is -1.99. The fraction of sp³-hybridized carbons (Fsp3) is 0.333. The Morgan fingerprint density at radius 1 is 1.58 bits per heavy atom. The van der Waals surface area contributed by atoms with E-state index < -0.39 is 18.0 Å². The first-order valence-corrected chi connectivity index (χ1v) is 5.66. The van der Waals surface area contributed by atoms with Crippen molar-refractivity contribution in [1.29, 1.82) is 0 Å². The molecule has 1 rings (SSSR count). The standard InChI is InChI=1S/C12H16N2O5/c1-2-18-12(17)9-6-8(19-11(9)14)4-3-7(13)5-10(15)16/h3-4,6-7H,2,5,13-14H2,1H3,(H,15,16)/b4-3+. The van der Waals surface area contributed by atoms with E-state index in [1.807, 2.05) is 0 Å². The zero-order valence-electron chi connectivity index (χ0n) is 10.5. The van der Waals surface area contributed by atoms with E-state index in [-0.39, 0.29) is 24.5 Å². The summed E-state index contributed by atoms with van der Waals surface area (Å²) in [5.41, 5.74) is 11.2. The number of anilines is 1. The van der Waals surface area contributed by atoms with E-state index in [0.29, 0.717) is 5.76 Å². The third-order valence-corrected chi connectivity index (χ3v) is 2.19. The molecule has 0 saturated heterocycles. The van der Waals surface area contributed by atoms with Crippen LogP contribution >= 0.6 is 0 Å². The first-order valence-electron chi connectivity index (χ1n) is 5.66. The summed E-state index contributed by atoms with van der Waals surface area (Å²) >= 11 is 0. The van der Waals surface area contributed by atoms with Gasteiger partial charge < -0.3 is 25.7 Å². The summed E-state index contributed by atoms with van der Waals surface area (Å²) in [6.07, 6.45) is 2.73. The SMILES string of the molecule is CCOC(=O)c1cc(/C=C/C(N)CC(=O)O)oc1N. The van der Waals surface area contributed by atoms with Crippen molar-refractivity contribution in [2.75, 3.05) is 12.3 Å². The molecule has 0 spiro atoms. The number of aliphatic carboxylic acids is 1. The Kier molecular flexibility index (Phi) is 5.13. The number of ether oxygens (including phenoxy) is 1. The van der Waals surface area contributed by atoms with Crippen molar-refractivity contribution in [2.45, 2.75) is 19.4 Å². The molecule has 0 aromatic carbocycles. The maximum atomic E-state index is 11.5. The van der Waals surface area contributed by atoms with Crippen LogP contribution in [0.5, 0.6) is 0 Å². The van der Waals surface area contributed by atoms with Crippen molar-refractivity contribution in [3.63, 3.8) is 0 Å². The number of hydrogen-bond acceptors (Lipinski definition) is 6. The second-order valence-corrected chi connectivity index (χ2v) is 3.77. The maximum Gasteiger partial charge on any atom is 0.343 e. The van der Waals surface area contributed by atoms with Gasteiger partial charge in [-0.2, -0.15) is 0 Å². The molecule has 7 nitrogen and oxygen atoms in total. The Balaban J connectivity index is 2.75. The van der Waals surface area contributed by atoms with Crippen LogP contribution < -0.4 is 11.5 Å². The zero-order chi connectivity index (χ0) is 14.4. The molecule has 1 atom stereocenters. The maximum absolute atomic E-state index is 11.5. The van der Waals surface area contributed by atoms with Gasteiger partial charge in [-0.15, -0.1) is 0 Å². The van der Waals surface area contributed by atoms with Gasteiger partial charge in [0.05, 0.1) is 13.0 Å². The first-order chi connectivity index (χ1) is 8.93. The normalized spacial score (nSPS) is 12.5. The Morgan fingerprint density at radius 2 is 2.26 bits per heavy atom. The predicted molar refractivity (Wildman–Crippen MR) is 68.3 cm³/mol. The van der Waals surface area contributed by atoms with Gasteiger partial charge in [-0.3, -0.25) is 4.79 Å². The van der Waals surface area contributed by atoms with E-state index >= 15 is 0 Å². The number of nitrogens with two attached hydrogens (primary N) is 2. The van der Waals surface area contributed by atoms with Gasteiger partial charge in [0, 0.05) is 12.1 Å². The molecule has 0 saturated carbocycles. The average Bonchev–Trinajstić information content (AvgIpc) is 2.67. The number of rotatable bonds is 6. The largest absolute Gasteiger partial charge is 0.481 e. The number of esters is 1. The molecule has 0 bridgehead atoms. The van der Waals surface area contributed by atoms with Crippen molar-refractivity contribution in [1.82, 2.24) is 0 Å². The van der Waals surface area contributed by atoms with E-state index in [2.05, 4.69) is 0 Å². The molecule has 1 unspecified atom stereocenters. The smallest absolute Gasteiger partial charge is 0.343 e. The van der Waals surface area contributed by atoms with Gasteiger partial charge in [0.25, 0.3) is 0 Å². The monoisotopic (exact) mass is 268 g/mol. The summed E-state index contributed by atoms with van der Waals surface area (Å²) < 4.78 is 9.92. The molecule has 0 amide bonds. The molecule has 0 aliphatic rings. The molecule has 1 aromatic heterocycles. The van der Waals surface area contributed by atoms with Gasteiger partial charge in [-0.05, 0) is 13.0 Å². The Morgan fingerprint density at radius 3 is 2.84 bits per heavy atom. The van der Waals surface area contributed by atoms with Crippen molar-refractivity contribution < 1.29 is 23.8 Å². The molecule has 5 N–H and O–H groups in total. The van der Waals surface area contributed by atoms with Gasteiger partial charge >= 0.3 is 11.9 Å². The molecule has 104 valence electrons. The van der Waals surface area contributed by atoms with Gasteiger partial charge in [0.1, 0.15) is 11.3 Å². The van der Waals surface area contributed by atoms with Crippen molar-refractivity contribution in [3.8, 4) is 0 Å². The number of carbonyl (C=O) groups is 2. The van der Waals surface area contributed by atoms with Crippen LogP contribution in [0.15, 0.2) is 16.6 Å². The summed E-state index contributed by atoms with van der Waals surface area (Å²) in [7, 11) is 0. The lowest BCUT2D eigenvalue weighted by molar-refractivity contribution is -0.137. The van der Waals surface area contributed by atoms with Gasteiger partial charge in [-0.1, -0.05) is 6.08 Å². The molecule has 19 heavy (non-hydrogen) atoms. The summed E-state index contributed by atoms with van der Waals surface area (Å²) in [6, 6.07) is 0.770. The number of carboxylic acid groups (broad SMARTS) is 1. The number of carboxylic acids is 1. The van der Waals surface area contributed by atoms with E-state index in [0.717, 1.165) is 0 Å². The van der Waals surface area contributed by atoms with Crippen LogP contribution in [0.3, 0.4) is 0 Å². The highest BCUT2D eigenvalue weighted by Crippen LogP contribution is 2.20. The van der Waals surface area contributed by atoms with Crippen molar-refractivity contribution in [2.24, 2.45) is 5.73 Å². The topological polar surface area (TPSA) is 129 Å². The highest BCUT2D eigenvalue weighted by molar-refractivity contribution is 5.94. The van der Waals surface area contributed by atoms with Crippen LogP contribution in [-0.4, -0.2) is 29.7 Å². The minimum Gasteiger partial charge on any atom is -0.481 e. The Hall–Kier alpha value is -2.28. The molecule has 7 heteroatoms. The van der Waals surface area contributed by atoms with E-state index in [4.69, 9.17) is 25.7 Å². The fourth-order valence-corrected chi connectivity index (χ4v) is 1.36. The number of hydrogen-bond donors (Lipinski definition) is 3. The molecular weight excluding hydrogens is 252 g/mol. The van der Waals surface area contributed by atoms with Crippen LogP contribution in [0, 0.1) is 0 Å². The lowest BCUT2D eigenvalue weighted by atomic mass is 10.2. The third-order valence-electron chi connectivity index (χ3n) is 2.19. The lowest BCUT2D eigenvalue weighted by Crippen LogP contribution is -2.20. The van der Waals surface area contributed by atoms with Crippen LogP contribution in [0.25, 0.3) is 6.08 Å². The van der Waals surface area contributed by atoms with Crippen LogP contribution in [-0.2, 0) is 9.53 Å². The molecule has 0 aliphatic carbocycles. The molecule has 1 aromatic rings. The number of nitrogen functional groups attached to an aromatic ring is 1. The minimum absolute atomic E-state index is 0.0510. The highest BCUT2D eigenvalue weighted by atomic mass is 16.5. The highest BCUT2D eigenvalue weighted by Gasteiger charge is 2.16. The molecule has 0 aliphatic heterocycles. The van der Waals surface area contributed by atoms with Crippen molar-refractivity contribution in [3.05, 3.63) is 23.5 Å². The van der Waals surface area contributed by atoms with E-state index in [9.17, 15) is 9.59 Å². The molecule has 1 heterocycles. The zero-order valence-corrected chi connectivity index (χ0v) is 10.5. The summed E-state index contributed by atoms with van der Waals surface area (Å²) in [6.45, 7) is 1.91. The third kappa shape index (κ3) is 4.47. The summed E-state index contributed by atoms with van der Waals surface area (Å²) in [4.78, 5) is 21.9. The summed E-state index contributed by atoms with van der Waals surface area (Å²) in [5.74, 6) is -1.31. The fourth-order valence-electron chi connectivity index (χ4n) is 1.36. The Labute approximate surface area is 109 Å².